The molecular weight excluding hydrogens is 366 g/mol. The maximum atomic E-state index is 12.8. The maximum Gasteiger partial charge on any atom is 0.257 e. The van der Waals surface area contributed by atoms with Crippen molar-refractivity contribution in [3.63, 3.8) is 0 Å². The predicted molar refractivity (Wildman–Crippen MR) is 115 cm³/mol. The van der Waals surface area contributed by atoms with Crippen LogP contribution in [0.5, 0.6) is 0 Å². The highest BCUT2D eigenvalue weighted by molar-refractivity contribution is 6.06. The van der Waals surface area contributed by atoms with Crippen molar-refractivity contribution in [1.29, 1.82) is 0 Å². The van der Waals surface area contributed by atoms with E-state index in [-0.39, 0.29) is 11.8 Å². The van der Waals surface area contributed by atoms with Gasteiger partial charge in [-0.3, -0.25) is 4.79 Å². The van der Waals surface area contributed by atoms with Gasteiger partial charge in [-0.1, -0.05) is 19.0 Å². The maximum absolute atomic E-state index is 12.8. The van der Waals surface area contributed by atoms with E-state index in [4.69, 9.17) is 4.52 Å². The van der Waals surface area contributed by atoms with Crippen molar-refractivity contribution in [1.82, 2.24) is 15.0 Å². The molecule has 3 aromatic rings. The summed E-state index contributed by atoms with van der Waals surface area (Å²) < 4.78 is 5.26. The Morgan fingerprint density at radius 3 is 2.62 bits per heavy atom. The minimum atomic E-state index is -0.189. The SMILES string of the molecule is Cc1cc(N2CCN(C)CC2)ccc1NC(=O)c1cnc2onc(C(C)C)c2c1. The summed E-state index contributed by atoms with van der Waals surface area (Å²) in [7, 11) is 2.15. The molecule has 1 amide bonds. The Morgan fingerprint density at radius 1 is 1.17 bits per heavy atom. The summed E-state index contributed by atoms with van der Waals surface area (Å²) in [6.45, 7) is 10.3. The van der Waals surface area contributed by atoms with E-state index >= 15 is 0 Å². The fraction of sp³-hybridized carbons (Fsp3) is 0.409. The third-order valence-electron chi connectivity index (χ3n) is 5.49. The van der Waals surface area contributed by atoms with Crippen LogP contribution in [0.15, 0.2) is 35.0 Å². The Hall–Kier alpha value is -2.93. The number of nitrogens with one attached hydrogen (secondary N) is 1. The Balaban J connectivity index is 1.52. The van der Waals surface area contributed by atoms with E-state index in [9.17, 15) is 4.79 Å². The number of fused-ring (bicyclic) bond motifs is 1. The Kier molecular flexibility index (Phi) is 5.24. The topological polar surface area (TPSA) is 74.5 Å². The van der Waals surface area contributed by atoms with Gasteiger partial charge in [-0.25, -0.2) is 4.98 Å². The summed E-state index contributed by atoms with van der Waals surface area (Å²) in [4.78, 5) is 21.8. The third kappa shape index (κ3) is 3.96. The number of piperazine rings is 1. The second kappa shape index (κ2) is 7.83. The number of carbonyl (C=O) groups excluding carboxylic acids is 1. The lowest BCUT2D eigenvalue weighted by molar-refractivity contribution is 0.102. The van der Waals surface area contributed by atoms with Crippen LogP contribution in [0.4, 0.5) is 11.4 Å². The van der Waals surface area contributed by atoms with Crippen LogP contribution < -0.4 is 10.2 Å². The predicted octanol–water partition coefficient (Wildman–Crippen LogP) is 3.66. The van der Waals surface area contributed by atoms with Crippen LogP contribution in [0.25, 0.3) is 11.1 Å². The van der Waals surface area contributed by atoms with Gasteiger partial charge in [-0.15, -0.1) is 0 Å². The van der Waals surface area contributed by atoms with Crippen molar-refractivity contribution >= 4 is 28.4 Å². The molecule has 2 aromatic heterocycles. The largest absolute Gasteiger partial charge is 0.369 e. The van der Waals surface area contributed by atoms with Crippen LogP contribution in [0.3, 0.4) is 0 Å². The third-order valence-corrected chi connectivity index (χ3v) is 5.49. The number of aryl methyl sites for hydroxylation is 1. The number of likely N-dealkylation sites (N-methyl/N-ethyl adjacent to an activating group) is 1. The van der Waals surface area contributed by atoms with Crippen molar-refractivity contribution in [2.75, 3.05) is 43.4 Å². The average molecular weight is 393 g/mol. The molecule has 0 bridgehead atoms. The molecule has 1 aliphatic heterocycles. The first-order chi connectivity index (χ1) is 13.9. The van der Waals surface area contributed by atoms with Crippen molar-refractivity contribution < 1.29 is 9.32 Å². The molecule has 0 radical (unpaired) electrons. The number of pyridine rings is 1. The Morgan fingerprint density at radius 2 is 1.93 bits per heavy atom. The normalized spacial score (nSPS) is 15.3. The number of amides is 1. The second-order valence-electron chi connectivity index (χ2n) is 8.04. The van der Waals surface area contributed by atoms with Crippen LogP contribution in [-0.4, -0.2) is 54.2 Å². The molecule has 1 fully saturated rings. The molecule has 1 aromatic carbocycles. The lowest BCUT2D eigenvalue weighted by atomic mass is 10.1. The highest BCUT2D eigenvalue weighted by Gasteiger charge is 2.18. The quantitative estimate of drug-likeness (QED) is 0.729. The molecule has 152 valence electrons. The zero-order chi connectivity index (χ0) is 20.5. The molecule has 0 aliphatic carbocycles. The molecule has 29 heavy (non-hydrogen) atoms. The van der Waals surface area contributed by atoms with E-state index in [1.54, 1.807) is 6.07 Å². The Labute approximate surface area is 170 Å². The number of rotatable bonds is 4. The van der Waals surface area contributed by atoms with Gasteiger partial charge in [0.15, 0.2) is 0 Å². The first-order valence-electron chi connectivity index (χ1n) is 10.0. The second-order valence-corrected chi connectivity index (χ2v) is 8.04. The minimum Gasteiger partial charge on any atom is -0.369 e. The van der Waals surface area contributed by atoms with Crippen LogP contribution in [-0.2, 0) is 0 Å². The molecule has 1 saturated heterocycles. The van der Waals surface area contributed by atoms with E-state index < -0.39 is 0 Å². The van der Waals surface area contributed by atoms with E-state index in [0.717, 1.165) is 48.5 Å². The first-order valence-corrected chi connectivity index (χ1v) is 10.0. The molecule has 4 rings (SSSR count). The number of anilines is 2. The van der Waals surface area contributed by atoms with Gasteiger partial charge in [-0.05, 0) is 49.7 Å². The molecule has 1 N–H and O–H groups in total. The molecule has 0 atom stereocenters. The number of carbonyl (C=O) groups is 1. The van der Waals surface area contributed by atoms with Crippen molar-refractivity contribution in [3.8, 4) is 0 Å². The van der Waals surface area contributed by atoms with Crippen molar-refractivity contribution in [2.24, 2.45) is 0 Å². The van der Waals surface area contributed by atoms with Gasteiger partial charge in [-0.2, -0.15) is 0 Å². The molecule has 0 spiro atoms. The lowest BCUT2D eigenvalue weighted by Gasteiger charge is -2.34. The van der Waals surface area contributed by atoms with Gasteiger partial charge in [0.25, 0.3) is 11.6 Å². The molecule has 0 saturated carbocycles. The van der Waals surface area contributed by atoms with Gasteiger partial charge in [0.1, 0.15) is 0 Å². The van der Waals surface area contributed by atoms with Gasteiger partial charge in [0, 0.05) is 43.8 Å². The average Bonchev–Trinajstić information content (AvgIpc) is 3.13. The zero-order valence-corrected chi connectivity index (χ0v) is 17.4. The number of aromatic nitrogens is 2. The standard InChI is InChI=1S/C22H27N5O2/c1-14(2)20-18-12-16(13-23-22(18)29-25-20)21(28)24-19-6-5-17(11-15(19)3)27-9-7-26(4)8-10-27/h5-6,11-14H,7-10H2,1-4H3,(H,24,28). The fourth-order valence-electron chi connectivity index (χ4n) is 3.63. The van der Waals surface area contributed by atoms with Crippen LogP contribution in [0, 0.1) is 6.92 Å². The van der Waals surface area contributed by atoms with E-state index in [1.165, 1.54) is 11.9 Å². The molecule has 3 heterocycles. The number of hydrogen-bond donors (Lipinski definition) is 1. The zero-order valence-electron chi connectivity index (χ0n) is 17.4. The molecular formula is C22H27N5O2. The number of hydrogen-bond acceptors (Lipinski definition) is 6. The first kappa shape index (κ1) is 19.4. The number of nitrogens with zero attached hydrogens (tertiary/aromatic N) is 4. The summed E-state index contributed by atoms with van der Waals surface area (Å²) in [5, 5.41) is 7.87. The fourth-order valence-corrected chi connectivity index (χ4v) is 3.63. The van der Waals surface area contributed by atoms with Crippen LogP contribution >= 0.6 is 0 Å². The van der Waals surface area contributed by atoms with Gasteiger partial charge in [0.05, 0.1) is 16.6 Å². The molecule has 7 heteroatoms. The van der Waals surface area contributed by atoms with E-state index in [0.29, 0.717) is 11.3 Å². The summed E-state index contributed by atoms with van der Waals surface area (Å²) in [6.07, 6.45) is 1.53. The molecule has 1 aliphatic rings. The van der Waals surface area contributed by atoms with Crippen molar-refractivity contribution in [3.05, 3.63) is 47.3 Å². The summed E-state index contributed by atoms with van der Waals surface area (Å²) in [5.41, 5.74) is 4.81. The monoisotopic (exact) mass is 393 g/mol. The lowest BCUT2D eigenvalue weighted by Crippen LogP contribution is -2.44. The van der Waals surface area contributed by atoms with Crippen LogP contribution in [0.2, 0.25) is 0 Å². The van der Waals surface area contributed by atoms with E-state index in [2.05, 4.69) is 44.4 Å². The highest BCUT2D eigenvalue weighted by Crippen LogP contribution is 2.26. The minimum absolute atomic E-state index is 0.189. The van der Waals surface area contributed by atoms with Crippen LogP contribution in [0.1, 0.15) is 41.4 Å². The van der Waals surface area contributed by atoms with E-state index in [1.807, 2.05) is 26.8 Å². The number of benzene rings is 1. The van der Waals surface area contributed by atoms with Gasteiger partial charge >= 0.3 is 0 Å². The summed E-state index contributed by atoms with van der Waals surface area (Å²) in [5.74, 6) is 0.00600. The van der Waals surface area contributed by atoms with Gasteiger partial charge in [0.2, 0.25) is 0 Å². The summed E-state index contributed by atoms with van der Waals surface area (Å²) in [6, 6.07) is 7.99. The summed E-state index contributed by atoms with van der Waals surface area (Å²) >= 11 is 0. The van der Waals surface area contributed by atoms with Gasteiger partial charge < -0.3 is 19.6 Å². The van der Waals surface area contributed by atoms with Crippen molar-refractivity contribution in [2.45, 2.75) is 26.7 Å². The molecule has 0 unspecified atom stereocenters. The smallest absolute Gasteiger partial charge is 0.257 e. The highest BCUT2D eigenvalue weighted by atomic mass is 16.5. The molecule has 7 nitrogen and oxygen atoms in total. The Bertz CT molecular complexity index is 1030.